The molecule has 1 aromatic rings. The van der Waals surface area contributed by atoms with Crippen LogP contribution in [0.2, 0.25) is 0 Å². The van der Waals surface area contributed by atoms with E-state index in [1.54, 1.807) is 30.3 Å². The molecule has 0 saturated heterocycles. The van der Waals surface area contributed by atoms with Gasteiger partial charge in [-0.2, -0.15) is 0 Å². The number of hydrogen-bond donors (Lipinski definition) is 0. The molecule has 1 aromatic carbocycles. The summed E-state index contributed by atoms with van der Waals surface area (Å²) in [5.41, 5.74) is 0. The van der Waals surface area contributed by atoms with Gasteiger partial charge in [0, 0.05) is 6.54 Å². The van der Waals surface area contributed by atoms with Gasteiger partial charge in [0.25, 0.3) is 10.0 Å². The second-order valence-electron chi connectivity index (χ2n) is 3.87. The lowest BCUT2D eigenvalue weighted by Crippen LogP contribution is -2.17. The SMILES string of the molecule is O=S(=O)([N]CCC1CC1)c1ccccc1. The van der Waals surface area contributed by atoms with Crippen molar-refractivity contribution in [1.29, 1.82) is 0 Å². The fraction of sp³-hybridized carbons (Fsp3) is 0.455. The minimum atomic E-state index is -3.40. The Labute approximate surface area is 90.6 Å². The highest BCUT2D eigenvalue weighted by Gasteiger charge is 2.22. The molecule has 3 nitrogen and oxygen atoms in total. The van der Waals surface area contributed by atoms with Gasteiger partial charge in [0.2, 0.25) is 0 Å². The average molecular weight is 224 g/mol. The highest BCUT2D eigenvalue weighted by Crippen LogP contribution is 2.31. The number of benzene rings is 1. The molecular weight excluding hydrogens is 210 g/mol. The Hall–Kier alpha value is -0.870. The van der Waals surface area contributed by atoms with Crippen molar-refractivity contribution < 1.29 is 8.42 Å². The highest BCUT2D eigenvalue weighted by atomic mass is 32.2. The van der Waals surface area contributed by atoms with Crippen molar-refractivity contribution in [3.8, 4) is 0 Å². The summed E-state index contributed by atoms with van der Waals surface area (Å²) >= 11 is 0. The normalized spacial score (nSPS) is 16.5. The van der Waals surface area contributed by atoms with Gasteiger partial charge in [-0.05, 0) is 24.5 Å². The Kier molecular flexibility index (Phi) is 3.07. The molecule has 1 saturated carbocycles. The molecule has 2 rings (SSSR count). The molecule has 0 aromatic heterocycles. The van der Waals surface area contributed by atoms with Crippen LogP contribution in [-0.2, 0) is 10.0 Å². The summed E-state index contributed by atoms with van der Waals surface area (Å²) in [7, 11) is -3.40. The summed E-state index contributed by atoms with van der Waals surface area (Å²) in [5.74, 6) is 0.722. The molecule has 0 unspecified atom stereocenters. The van der Waals surface area contributed by atoms with E-state index in [0.717, 1.165) is 12.3 Å². The van der Waals surface area contributed by atoms with Gasteiger partial charge >= 0.3 is 0 Å². The Bertz CT molecular complexity index is 409. The summed E-state index contributed by atoms with van der Waals surface area (Å²) in [6.45, 7) is 0.432. The second-order valence-corrected chi connectivity index (χ2v) is 5.55. The van der Waals surface area contributed by atoms with Crippen LogP contribution in [0.25, 0.3) is 0 Å². The van der Waals surface area contributed by atoms with Crippen molar-refractivity contribution in [2.24, 2.45) is 5.92 Å². The molecule has 1 fully saturated rings. The summed E-state index contributed by atoms with van der Waals surface area (Å²) in [6.07, 6.45) is 3.38. The topological polar surface area (TPSA) is 48.2 Å². The van der Waals surface area contributed by atoms with Crippen LogP contribution in [0.15, 0.2) is 35.2 Å². The summed E-state index contributed by atoms with van der Waals surface area (Å²) in [5, 5.41) is 0. The monoisotopic (exact) mass is 224 g/mol. The molecule has 0 amide bonds. The van der Waals surface area contributed by atoms with Crippen molar-refractivity contribution >= 4 is 10.0 Å². The number of nitrogens with zero attached hydrogens (tertiary/aromatic N) is 1. The molecule has 4 heteroatoms. The van der Waals surface area contributed by atoms with Crippen LogP contribution in [0.1, 0.15) is 19.3 Å². The third-order valence-corrected chi connectivity index (χ3v) is 3.93. The van der Waals surface area contributed by atoms with Gasteiger partial charge in [0.1, 0.15) is 0 Å². The van der Waals surface area contributed by atoms with E-state index < -0.39 is 10.0 Å². The number of rotatable bonds is 5. The maximum Gasteiger partial charge on any atom is 0.256 e. The highest BCUT2D eigenvalue weighted by molar-refractivity contribution is 7.89. The number of sulfonamides is 1. The van der Waals surface area contributed by atoms with Crippen molar-refractivity contribution in [3.05, 3.63) is 30.3 Å². The molecule has 1 aliphatic rings. The molecule has 0 atom stereocenters. The largest absolute Gasteiger partial charge is 0.256 e. The van der Waals surface area contributed by atoms with E-state index in [0.29, 0.717) is 11.4 Å². The quantitative estimate of drug-likeness (QED) is 0.765. The van der Waals surface area contributed by atoms with Crippen LogP contribution in [0.4, 0.5) is 0 Å². The zero-order valence-corrected chi connectivity index (χ0v) is 9.28. The van der Waals surface area contributed by atoms with Crippen molar-refractivity contribution in [2.45, 2.75) is 24.2 Å². The van der Waals surface area contributed by atoms with Crippen LogP contribution in [0, 0.1) is 5.92 Å². The Morgan fingerprint density at radius 3 is 2.47 bits per heavy atom. The first-order chi connectivity index (χ1) is 7.18. The summed E-state index contributed by atoms with van der Waals surface area (Å²) in [6, 6.07) is 8.38. The van der Waals surface area contributed by atoms with E-state index >= 15 is 0 Å². The van der Waals surface area contributed by atoms with Crippen LogP contribution < -0.4 is 4.72 Å². The molecule has 0 heterocycles. The van der Waals surface area contributed by atoms with Crippen LogP contribution in [0.5, 0.6) is 0 Å². The summed E-state index contributed by atoms with van der Waals surface area (Å²) in [4.78, 5) is 0.292. The van der Waals surface area contributed by atoms with E-state index in [1.165, 1.54) is 12.8 Å². The van der Waals surface area contributed by atoms with Crippen molar-refractivity contribution in [1.82, 2.24) is 4.72 Å². The van der Waals surface area contributed by atoms with E-state index in [2.05, 4.69) is 4.72 Å². The zero-order valence-electron chi connectivity index (χ0n) is 8.46. The van der Waals surface area contributed by atoms with Gasteiger partial charge in [0.15, 0.2) is 0 Å². The van der Waals surface area contributed by atoms with Crippen molar-refractivity contribution in [3.63, 3.8) is 0 Å². The van der Waals surface area contributed by atoms with E-state index in [9.17, 15) is 8.42 Å². The lowest BCUT2D eigenvalue weighted by Gasteiger charge is -2.03. The fourth-order valence-corrected chi connectivity index (χ4v) is 2.42. The van der Waals surface area contributed by atoms with Gasteiger partial charge in [-0.25, -0.2) is 8.42 Å². The first-order valence-corrected chi connectivity index (χ1v) is 6.61. The number of hydrogen-bond acceptors (Lipinski definition) is 2. The average Bonchev–Trinajstić information content (AvgIpc) is 3.03. The molecule has 0 bridgehead atoms. The van der Waals surface area contributed by atoms with Gasteiger partial charge in [-0.3, -0.25) is 0 Å². The lowest BCUT2D eigenvalue weighted by molar-refractivity contribution is 0.573. The molecule has 15 heavy (non-hydrogen) atoms. The van der Waals surface area contributed by atoms with E-state index in [1.807, 2.05) is 0 Å². The van der Waals surface area contributed by atoms with E-state index in [-0.39, 0.29) is 0 Å². The zero-order chi connectivity index (χ0) is 10.7. The third kappa shape index (κ3) is 3.04. The molecule has 1 aliphatic carbocycles. The van der Waals surface area contributed by atoms with Crippen LogP contribution in [0.3, 0.4) is 0 Å². The first kappa shape index (κ1) is 10.6. The molecule has 1 radical (unpaired) electrons. The van der Waals surface area contributed by atoms with Gasteiger partial charge in [-0.1, -0.05) is 31.0 Å². The van der Waals surface area contributed by atoms with Crippen LogP contribution in [-0.4, -0.2) is 15.0 Å². The van der Waals surface area contributed by atoms with Gasteiger partial charge in [0.05, 0.1) is 4.90 Å². The minimum Gasteiger partial charge on any atom is -0.206 e. The third-order valence-electron chi connectivity index (χ3n) is 2.54. The Balaban J connectivity index is 1.93. The maximum absolute atomic E-state index is 11.7. The second kappa shape index (κ2) is 4.33. The van der Waals surface area contributed by atoms with Gasteiger partial charge in [-0.15, -0.1) is 4.72 Å². The standard InChI is InChI=1S/C11H14NO2S/c13-15(14,11-4-2-1-3-5-11)12-9-8-10-6-7-10/h1-5,10H,6-9H2. The van der Waals surface area contributed by atoms with Gasteiger partial charge < -0.3 is 0 Å². The first-order valence-electron chi connectivity index (χ1n) is 5.17. The Morgan fingerprint density at radius 1 is 1.20 bits per heavy atom. The Morgan fingerprint density at radius 2 is 1.87 bits per heavy atom. The molecule has 0 spiro atoms. The molecular formula is C11H14NO2S. The van der Waals surface area contributed by atoms with Crippen LogP contribution >= 0.6 is 0 Å². The lowest BCUT2D eigenvalue weighted by atomic mass is 10.3. The fourth-order valence-electron chi connectivity index (χ4n) is 1.43. The molecule has 0 N–H and O–H groups in total. The van der Waals surface area contributed by atoms with Crippen molar-refractivity contribution in [2.75, 3.05) is 6.54 Å². The predicted molar refractivity (Wildman–Crippen MR) is 58.0 cm³/mol. The summed E-state index contributed by atoms with van der Waals surface area (Å²) < 4.78 is 27.1. The molecule has 81 valence electrons. The minimum absolute atomic E-state index is 0.292. The van der Waals surface area contributed by atoms with E-state index in [4.69, 9.17) is 0 Å². The predicted octanol–water partition coefficient (Wildman–Crippen LogP) is 1.78. The maximum atomic E-state index is 11.7. The molecule has 0 aliphatic heterocycles. The smallest absolute Gasteiger partial charge is 0.206 e.